The van der Waals surface area contributed by atoms with Gasteiger partial charge >= 0.3 is 5.97 Å². The van der Waals surface area contributed by atoms with Crippen molar-refractivity contribution in [2.45, 2.75) is 24.5 Å². The summed E-state index contributed by atoms with van der Waals surface area (Å²) in [6.07, 6.45) is 5.45. The van der Waals surface area contributed by atoms with Crippen molar-refractivity contribution in [1.82, 2.24) is 14.1 Å². The summed E-state index contributed by atoms with van der Waals surface area (Å²) >= 11 is 0. The molecule has 0 aliphatic carbocycles. The Hall–Kier alpha value is -2.19. The predicted molar refractivity (Wildman–Crippen MR) is 97.2 cm³/mol. The van der Waals surface area contributed by atoms with Crippen molar-refractivity contribution in [3.8, 4) is 0 Å². The van der Waals surface area contributed by atoms with Crippen LogP contribution in [0.2, 0.25) is 0 Å². The summed E-state index contributed by atoms with van der Waals surface area (Å²) in [6, 6.07) is 6.50. The first-order valence-electron chi connectivity index (χ1n) is 8.52. The Balaban J connectivity index is 1.61. The van der Waals surface area contributed by atoms with Crippen LogP contribution in [0.5, 0.6) is 0 Å². The molecule has 1 aliphatic heterocycles. The first-order chi connectivity index (χ1) is 12.4. The van der Waals surface area contributed by atoms with Crippen molar-refractivity contribution in [1.29, 1.82) is 0 Å². The Morgan fingerprint density at radius 3 is 2.42 bits per heavy atom. The SMILES string of the molecule is COC(=O)c1ccc(CS(=O)(=O)N2CCC(c3cnn(C)c3)CC2)cc1. The van der Waals surface area contributed by atoms with Gasteiger partial charge in [0.2, 0.25) is 10.0 Å². The molecule has 0 radical (unpaired) electrons. The third-order valence-electron chi connectivity index (χ3n) is 4.77. The van der Waals surface area contributed by atoms with Crippen LogP contribution in [0.1, 0.15) is 40.2 Å². The molecule has 0 amide bonds. The minimum atomic E-state index is -3.38. The van der Waals surface area contributed by atoms with E-state index in [-0.39, 0.29) is 5.75 Å². The van der Waals surface area contributed by atoms with Crippen molar-refractivity contribution in [3.05, 3.63) is 53.3 Å². The zero-order chi connectivity index (χ0) is 18.7. The number of methoxy groups -OCH3 is 1. The van der Waals surface area contributed by atoms with Gasteiger partial charge in [0.1, 0.15) is 0 Å². The summed E-state index contributed by atoms with van der Waals surface area (Å²) in [5, 5.41) is 4.19. The largest absolute Gasteiger partial charge is 0.465 e. The average Bonchev–Trinajstić information content (AvgIpc) is 3.08. The quantitative estimate of drug-likeness (QED) is 0.744. The molecule has 1 aromatic heterocycles. The summed E-state index contributed by atoms with van der Waals surface area (Å²) in [7, 11) is -0.180. The van der Waals surface area contributed by atoms with E-state index in [1.165, 1.54) is 12.7 Å². The van der Waals surface area contributed by atoms with E-state index in [4.69, 9.17) is 0 Å². The minimum Gasteiger partial charge on any atom is -0.465 e. The predicted octanol–water partition coefficient (Wildman–Crippen LogP) is 1.92. The Bertz CT molecular complexity index is 866. The molecule has 0 spiro atoms. The maximum absolute atomic E-state index is 12.7. The summed E-state index contributed by atoms with van der Waals surface area (Å²) < 4.78 is 33.4. The van der Waals surface area contributed by atoms with Gasteiger partial charge in [0, 0.05) is 26.3 Å². The molecule has 8 heteroatoms. The minimum absolute atomic E-state index is 0.0635. The lowest BCUT2D eigenvalue weighted by Gasteiger charge is -2.30. The lowest BCUT2D eigenvalue weighted by atomic mass is 9.93. The number of nitrogens with zero attached hydrogens (tertiary/aromatic N) is 3. The number of aryl methyl sites for hydroxylation is 1. The van der Waals surface area contributed by atoms with Crippen LogP contribution in [0, 0.1) is 0 Å². The monoisotopic (exact) mass is 377 g/mol. The Labute approximate surface area is 153 Å². The summed E-state index contributed by atoms with van der Waals surface area (Å²) in [4.78, 5) is 11.5. The van der Waals surface area contributed by atoms with Gasteiger partial charge in [0.25, 0.3) is 0 Å². The van der Waals surface area contributed by atoms with Gasteiger partial charge in [-0.3, -0.25) is 4.68 Å². The topological polar surface area (TPSA) is 81.5 Å². The Kier molecular flexibility index (Phi) is 5.43. The van der Waals surface area contributed by atoms with Gasteiger partial charge in [-0.05, 0) is 42.0 Å². The highest BCUT2D eigenvalue weighted by Gasteiger charge is 2.29. The van der Waals surface area contributed by atoms with Crippen LogP contribution in [-0.4, -0.2) is 48.7 Å². The molecule has 0 bridgehead atoms. The molecular formula is C18H23N3O4S. The van der Waals surface area contributed by atoms with Crippen molar-refractivity contribution < 1.29 is 17.9 Å². The molecule has 0 atom stereocenters. The molecule has 1 aromatic carbocycles. The van der Waals surface area contributed by atoms with Crippen molar-refractivity contribution in [2.75, 3.05) is 20.2 Å². The van der Waals surface area contributed by atoms with E-state index in [0.29, 0.717) is 30.1 Å². The number of carbonyl (C=O) groups is 1. The fourth-order valence-electron chi connectivity index (χ4n) is 3.28. The van der Waals surface area contributed by atoms with Gasteiger partial charge in [-0.1, -0.05) is 12.1 Å². The average molecular weight is 377 g/mol. The molecule has 1 fully saturated rings. The van der Waals surface area contributed by atoms with Gasteiger partial charge in [0.05, 0.1) is 24.6 Å². The van der Waals surface area contributed by atoms with Gasteiger partial charge in [0.15, 0.2) is 0 Å². The maximum atomic E-state index is 12.7. The van der Waals surface area contributed by atoms with E-state index in [2.05, 4.69) is 9.84 Å². The number of aromatic nitrogens is 2. The fraction of sp³-hybridized carbons (Fsp3) is 0.444. The molecule has 1 aliphatic rings. The second kappa shape index (κ2) is 7.59. The molecule has 2 heterocycles. The molecular weight excluding hydrogens is 354 g/mol. The number of esters is 1. The van der Waals surface area contributed by atoms with E-state index < -0.39 is 16.0 Å². The number of ether oxygens (including phenoxy) is 1. The second-order valence-electron chi connectivity index (χ2n) is 6.57. The fourth-order valence-corrected chi connectivity index (χ4v) is 4.84. The third kappa shape index (κ3) is 4.13. The van der Waals surface area contributed by atoms with Crippen LogP contribution in [0.15, 0.2) is 36.7 Å². The Morgan fingerprint density at radius 1 is 1.23 bits per heavy atom. The lowest BCUT2D eigenvalue weighted by Crippen LogP contribution is -2.38. The number of benzene rings is 1. The molecule has 0 N–H and O–H groups in total. The van der Waals surface area contributed by atoms with Gasteiger partial charge < -0.3 is 4.74 Å². The Morgan fingerprint density at radius 2 is 1.88 bits per heavy atom. The van der Waals surface area contributed by atoms with Gasteiger partial charge in [-0.25, -0.2) is 17.5 Å². The highest BCUT2D eigenvalue weighted by atomic mass is 32.2. The van der Waals surface area contributed by atoms with E-state index >= 15 is 0 Å². The molecule has 140 valence electrons. The van der Waals surface area contributed by atoms with Crippen LogP contribution < -0.4 is 0 Å². The summed E-state index contributed by atoms with van der Waals surface area (Å²) in [5.41, 5.74) is 2.24. The van der Waals surface area contributed by atoms with E-state index in [1.54, 1.807) is 33.3 Å². The van der Waals surface area contributed by atoms with Crippen molar-refractivity contribution in [3.63, 3.8) is 0 Å². The molecule has 26 heavy (non-hydrogen) atoms. The highest BCUT2D eigenvalue weighted by molar-refractivity contribution is 7.88. The van der Waals surface area contributed by atoms with Crippen LogP contribution in [-0.2, 0) is 27.6 Å². The van der Waals surface area contributed by atoms with Gasteiger partial charge in [-0.15, -0.1) is 0 Å². The second-order valence-corrected chi connectivity index (χ2v) is 8.53. The summed E-state index contributed by atoms with van der Waals surface area (Å²) in [6.45, 7) is 1.03. The van der Waals surface area contributed by atoms with Crippen molar-refractivity contribution in [2.24, 2.45) is 7.05 Å². The first-order valence-corrected chi connectivity index (χ1v) is 10.1. The molecule has 2 aromatic rings. The zero-order valence-electron chi connectivity index (χ0n) is 15.0. The number of sulfonamides is 1. The number of rotatable bonds is 5. The normalized spacial score (nSPS) is 16.5. The third-order valence-corrected chi connectivity index (χ3v) is 6.62. The van der Waals surface area contributed by atoms with E-state index in [1.807, 2.05) is 19.4 Å². The number of hydrogen-bond acceptors (Lipinski definition) is 5. The van der Waals surface area contributed by atoms with Crippen LogP contribution >= 0.6 is 0 Å². The van der Waals surface area contributed by atoms with E-state index in [0.717, 1.165) is 12.8 Å². The van der Waals surface area contributed by atoms with Gasteiger partial charge in [-0.2, -0.15) is 5.10 Å². The molecule has 3 rings (SSSR count). The smallest absolute Gasteiger partial charge is 0.337 e. The number of carbonyl (C=O) groups excluding carboxylic acids is 1. The zero-order valence-corrected chi connectivity index (χ0v) is 15.8. The first kappa shape index (κ1) is 18.6. The maximum Gasteiger partial charge on any atom is 0.337 e. The molecule has 0 unspecified atom stereocenters. The van der Waals surface area contributed by atoms with Crippen LogP contribution in [0.4, 0.5) is 0 Å². The standard InChI is InChI=1S/C18H23N3O4S/c1-20-12-17(11-19-20)15-7-9-21(10-8-15)26(23,24)13-14-3-5-16(6-4-14)18(22)25-2/h3-6,11-12,15H,7-10,13H2,1-2H3. The highest BCUT2D eigenvalue weighted by Crippen LogP contribution is 2.29. The molecule has 1 saturated heterocycles. The number of piperidine rings is 1. The molecule has 7 nitrogen and oxygen atoms in total. The number of hydrogen-bond donors (Lipinski definition) is 0. The van der Waals surface area contributed by atoms with Crippen LogP contribution in [0.3, 0.4) is 0 Å². The van der Waals surface area contributed by atoms with Crippen LogP contribution in [0.25, 0.3) is 0 Å². The van der Waals surface area contributed by atoms with Crippen molar-refractivity contribution >= 4 is 16.0 Å². The molecule has 0 saturated carbocycles. The lowest BCUT2D eigenvalue weighted by molar-refractivity contribution is 0.0600. The summed E-state index contributed by atoms with van der Waals surface area (Å²) in [5.74, 6) is -0.141. The van der Waals surface area contributed by atoms with E-state index in [9.17, 15) is 13.2 Å².